The maximum atomic E-state index is 9.23. The van der Waals surface area contributed by atoms with Gasteiger partial charge in [0.2, 0.25) is 0 Å². The van der Waals surface area contributed by atoms with Gasteiger partial charge in [0.05, 0.1) is 6.61 Å². The lowest BCUT2D eigenvalue weighted by Crippen LogP contribution is -2.33. The number of aryl methyl sites for hydroxylation is 1. The summed E-state index contributed by atoms with van der Waals surface area (Å²) in [6.07, 6.45) is 3.49. The van der Waals surface area contributed by atoms with Gasteiger partial charge in [-0.15, -0.1) is 0 Å². The number of nitrogens with zero attached hydrogens (tertiary/aromatic N) is 1. The fraction of sp³-hybridized carbons (Fsp3) is 0.571. The Morgan fingerprint density at radius 2 is 2.06 bits per heavy atom. The van der Waals surface area contributed by atoms with Crippen LogP contribution in [0.2, 0.25) is 0 Å². The molecule has 0 aliphatic carbocycles. The Bertz CT molecular complexity index is 320. The van der Waals surface area contributed by atoms with Crippen LogP contribution in [-0.2, 0) is 6.42 Å². The zero-order valence-electron chi connectivity index (χ0n) is 10.0. The molecule has 0 aromatic heterocycles. The molecule has 1 aliphatic heterocycles. The molecule has 1 atom stereocenters. The Morgan fingerprint density at radius 3 is 2.75 bits per heavy atom. The van der Waals surface area contributed by atoms with Crippen LogP contribution in [0.4, 0.5) is 0 Å². The number of aliphatic hydroxyl groups excluding tert-OH is 1. The fourth-order valence-corrected chi connectivity index (χ4v) is 2.42. The summed E-state index contributed by atoms with van der Waals surface area (Å²) in [5.74, 6) is 0. The van der Waals surface area contributed by atoms with Crippen molar-refractivity contribution < 1.29 is 5.11 Å². The highest BCUT2D eigenvalue weighted by Crippen LogP contribution is 2.17. The molecule has 0 amide bonds. The lowest BCUT2D eigenvalue weighted by atomic mass is 10.1. The molecule has 0 saturated carbocycles. The summed E-state index contributed by atoms with van der Waals surface area (Å²) in [5.41, 5.74) is 2.72. The van der Waals surface area contributed by atoms with E-state index in [0.29, 0.717) is 12.6 Å². The van der Waals surface area contributed by atoms with Crippen molar-refractivity contribution in [2.24, 2.45) is 0 Å². The number of likely N-dealkylation sites (tertiary alicyclic amines) is 1. The van der Waals surface area contributed by atoms with Crippen LogP contribution >= 0.6 is 0 Å². The van der Waals surface area contributed by atoms with Gasteiger partial charge in [0, 0.05) is 12.6 Å². The van der Waals surface area contributed by atoms with Crippen LogP contribution < -0.4 is 0 Å². The minimum Gasteiger partial charge on any atom is -0.395 e. The standard InChI is InChI=1S/C14H21NO/c1-12-4-6-13(7-5-12)8-10-15-9-2-3-14(15)11-16/h4-7,14,16H,2-3,8-11H2,1H3. The van der Waals surface area contributed by atoms with E-state index in [4.69, 9.17) is 0 Å². The highest BCUT2D eigenvalue weighted by molar-refractivity contribution is 5.21. The fourth-order valence-electron chi connectivity index (χ4n) is 2.42. The van der Waals surface area contributed by atoms with Gasteiger partial charge in [0.15, 0.2) is 0 Å². The molecule has 16 heavy (non-hydrogen) atoms. The molecule has 0 bridgehead atoms. The Labute approximate surface area is 97.9 Å². The van der Waals surface area contributed by atoms with Crippen LogP contribution in [0.5, 0.6) is 0 Å². The van der Waals surface area contributed by atoms with Crippen molar-refractivity contribution in [3.05, 3.63) is 35.4 Å². The van der Waals surface area contributed by atoms with Crippen LogP contribution in [0.1, 0.15) is 24.0 Å². The van der Waals surface area contributed by atoms with Gasteiger partial charge in [-0.25, -0.2) is 0 Å². The van der Waals surface area contributed by atoms with Crippen molar-refractivity contribution in [1.29, 1.82) is 0 Å². The lowest BCUT2D eigenvalue weighted by molar-refractivity contribution is 0.160. The summed E-state index contributed by atoms with van der Waals surface area (Å²) in [6.45, 7) is 4.66. The predicted octanol–water partition coefficient (Wildman–Crippen LogP) is 1.99. The Morgan fingerprint density at radius 1 is 1.31 bits per heavy atom. The molecule has 1 N–H and O–H groups in total. The second-order valence-electron chi connectivity index (χ2n) is 4.75. The average molecular weight is 219 g/mol. The highest BCUT2D eigenvalue weighted by Gasteiger charge is 2.22. The van der Waals surface area contributed by atoms with Crippen molar-refractivity contribution in [2.45, 2.75) is 32.2 Å². The third kappa shape index (κ3) is 2.83. The molecule has 2 heteroatoms. The third-order valence-corrected chi connectivity index (χ3v) is 3.52. The first-order chi connectivity index (χ1) is 7.79. The van der Waals surface area contributed by atoms with E-state index in [1.165, 1.54) is 17.5 Å². The molecular formula is C14H21NO. The molecule has 1 fully saturated rings. The van der Waals surface area contributed by atoms with Crippen LogP contribution in [0.25, 0.3) is 0 Å². The van der Waals surface area contributed by atoms with Gasteiger partial charge in [-0.2, -0.15) is 0 Å². The Hall–Kier alpha value is -0.860. The summed E-state index contributed by atoms with van der Waals surface area (Å²) in [4.78, 5) is 2.42. The predicted molar refractivity (Wildman–Crippen MR) is 66.6 cm³/mol. The SMILES string of the molecule is Cc1ccc(CCN2CCCC2CO)cc1. The van der Waals surface area contributed by atoms with Gasteiger partial charge < -0.3 is 5.11 Å². The summed E-state index contributed by atoms with van der Waals surface area (Å²) < 4.78 is 0. The number of benzene rings is 1. The molecule has 2 rings (SSSR count). The first kappa shape index (κ1) is 11.6. The molecule has 0 spiro atoms. The monoisotopic (exact) mass is 219 g/mol. The number of rotatable bonds is 4. The highest BCUT2D eigenvalue weighted by atomic mass is 16.3. The Balaban J connectivity index is 1.85. The number of aliphatic hydroxyl groups is 1. The van der Waals surface area contributed by atoms with E-state index in [9.17, 15) is 5.11 Å². The van der Waals surface area contributed by atoms with Gasteiger partial charge >= 0.3 is 0 Å². The van der Waals surface area contributed by atoms with Gasteiger partial charge in [0.25, 0.3) is 0 Å². The van der Waals surface area contributed by atoms with E-state index in [-0.39, 0.29) is 0 Å². The van der Waals surface area contributed by atoms with Crippen molar-refractivity contribution in [3.63, 3.8) is 0 Å². The normalized spacial score (nSPS) is 21.5. The summed E-state index contributed by atoms with van der Waals surface area (Å²) in [7, 11) is 0. The first-order valence-corrected chi connectivity index (χ1v) is 6.20. The zero-order valence-corrected chi connectivity index (χ0v) is 10.0. The molecule has 1 aromatic carbocycles. The van der Waals surface area contributed by atoms with E-state index < -0.39 is 0 Å². The van der Waals surface area contributed by atoms with Crippen LogP contribution in [0, 0.1) is 6.92 Å². The maximum Gasteiger partial charge on any atom is 0.0586 e. The zero-order chi connectivity index (χ0) is 11.4. The van der Waals surface area contributed by atoms with E-state index in [1.807, 2.05) is 0 Å². The van der Waals surface area contributed by atoms with E-state index in [2.05, 4.69) is 36.1 Å². The van der Waals surface area contributed by atoms with E-state index >= 15 is 0 Å². The van der Waals surface area contributed by atoms with Crippen molar-refractivity contribution in [3.8, 4) is 0 Å². The number of hydrogen-bond donors (Lipinski definition) is 1. The summed E-state index contributed by atoms with van der Waals surface area (Å²) >= 11 is 0. The largest absolute Gasteiger partial charge is 0.395 e. The average Bonchev–Trinajstić information content (AvgIpc) is 2.76. The third-order valence-electron chi connectivity index (χ3n) is 3.52. The van der Waals surface area contributed by atoms with Crippen molar-refractivity contribution in [1.82, 2.24) is 4.90 Å². The molecule has 1 saturated heterocycles. The second-order valence-corrected chi connectivity index (χ2v) is 4.75. The maximum absolute atomic E-state index is 9.23. The number of hydrogen-bond acceptors (Lipinski definition) is 2. The lowest BCUT2D eigenvalue weighted by Gasteiger charge is -2.22. The van der Waals surface area contributed by atoms with Gasteiger partial charge in [-0.05, 0) is 38.3 Å². The van der Waals surface area contributed by atoms with Gasteiger partial charge in [0.1, 0.15) is 0 Å². The molecular weight excluding hydrogens is 198 g/mol. The molecule has 1 unspecified atom stereocenters. The quantitative estimate of drug-likeness (QED) is 0.837. The van der Waals surface area contributed by atoms with Gasteiger partial charge in [-0.1, -0.05) is 29.8 Å². The smallest absolute Gasteiger partial charge is 0.0586 e. The van der Waals surface area contributed by atoms with Crippen molar-refractivity contribution in [2.75, 3.05) is 19.7 Å². The summed E-state index contributed by atoms with van der Waals surface area (Å²) in [5, 5.41) is 9.23. The molecule has 88 valence electrons. The summed E-state index contributed by atoms with van der Waals surface area (Å²) in [6, 6.07) is 9.16. The van der Waals surface area contributed by atoms with E-state index in [1.54, 1.807) is 0 Å². The topological polar surface area (TPSA) is 23.5 Å². The minimum atomic E-state index is 0.313. The first-order valence-electron chi connectivity index (χ1n) is 6.20. The van der Waals surface area contributed by atoms with Crippen LogP contribution in [0.3, 0.4) is 0 Å². The molecule has 2 nitrogen and oxygen atoms in total. The molecule has 1 aliphatic rings. The molecule has 0 radical (unpaired) electrons. The minimum absolute atomic E-state index is 0.313. The van der Waals surface area contributed by atoms with Crippen LogP contribution in [0.15, 0.2) is 24.3 Å². The van der Waals surface area contributed by atoms with Gasteiger partial charge in [-0.3, -0.25) is 4.90 Å². The second kappa shape index (κ2) is 5.46. The van der Waals surface area contributed by atoms with E-state index in [0.717, 1.165) is 25.9 Å². The van der Waals surface area contributed by atoms with Crippen LogP contribution in [-0.4, -0.2) is 35.7 Å². The Kier molecular flexibility index (Phi) is 3.97. The van der Waals surface area contributed by atoms with Crippen molar-refractivity contribution >= 4 is 0 Å². The molecule has 1 heterocycles. The molecule has 1 aromatic rings.